The molecular weight excluding hydrogens is 239 g/mol. The minimum absolute atomic E-state index is 0.0784. The molecule has 0 unspecified atom stereocenters. The standard InChI is InChI=1S/C12H15FN2OS/c1-2-3-11(16)15-7-9-5-4-8(12(14)17)6-10(9)13/h4-6H,2-3,7H2,1H3,(H2,14,17)(H,15,16). The number of hydrogen-bond donors (Lipinski definition) is 2. The fraction of sp³-hybridized carbons (Fsp3) is 0.333. The van der Waals surface area contributed by atoms with Crippen molar-refractivity contribution in [3.63, 3.8) is 0 Å². The molecule has 1 rings (SSSR count). The lowest BCUT2D eigenvalue weighted by Gasteiger charge is -2.07. The smallest absolute Gasteiger partial charge is 0.220 e. The molecule has 1 aromatic rings. The Kier molecular flexibility index (Phi) is 5.03. The van der Waals surface area contributed by atoms with Crippen LogP contribution < -0.4 is 11.1 Å². The predicted octanol–water partition coefficient (Wildman–Crippen LogP) is 1.88. The van der Waals surface area contributed by atoms with Crippen LogP contribution in [0.5, 0.6) is 0 Å². The van der Waals surface area contributed by atoms with Crippen molar-refractivity contribution in [3.8, 4) is 0 Å². The topological polar surface area (TPSA) is 55.1 Å². The average molecular weight is 254 g/mol. The SMILES string of the molecule is CCCC(=O)NCc1ccc(C(N)=S)cc1F. The van der Waals surface area contributed by atoms with Crippen LogP contribution in [0.25, 0.3) is 0 Å². The van der Waals surface area contributed by atoms with Crippen molar-refractivity contribution in [3.05, 3.63) is 35.1 Å². The highest BCUT2D eigenvalue weighted by Crippen LogP contribution is 2.10. The molecule has 5 heteroatoms. The highest BCUT2D eigenvalue weighted by molar-refractivity contribution is 7.80. The monoisotopic (exact) mass is 254 g/mol. The molecule has 92 valence electrons. The third-order valence-electron chi connectivity index (χ3n) is 2.29. The van der Waals surface area contributed by atoms with E-state index in [1.807, 2.05) is 6.92 Å². The molecule has 0 saturated heterocycles. The van der Waals surface area contributed by atoms with Crippen LogP contribution in [0.2, 0.25) is 0 Å². The molecule has 0 aliphatic heterocycles. The van der Waals surface area contributed by atoms with Crippen LogP contribution in [-0.2, 0) is 11.3 Å². The van der Waals surface area contributed by atoms with Crippen molar-refractivity contribution in [2.45, 2.75) is 26.3 Å². The summed E-state index contributed by atoms with van der Waals surface area (Å²) in [7, 11) is 0. The Labute approximate surface area is 105 Å². The first kappa shape index (κ1) is 13.6. The van der Waals surface area contributed by atoms with Gasteiger partial charge in [-0.2, -0.15) is 0 Å². The lowest BCUT2D eigenvalue weighted by molar-refractivity contribution is -0.121. The second-order valence-electron chi connectivity index (χ2n) is 3.70. The van der Waals surface area contributed by atoms with E-state index in [9.17, 15) is 9.18 Å². The van der Waals surface area contributed by atoms with Gasteiger partial charge in [0, 0.05) is 24.1 Å². The van der Waals surface area contributed by atoms with E-state index >= 15 is 0 Å². The number of benzene rings is 1. The average Bonchev–Trinajstić information content (AvgIpc) is 2.27. The second kappa shape index (κ2) is 6.30. The Morgan fingerprint density at radius 1 is 1.53 bits per heavy atom. The van der Waals surface area contributed by atoms with E-state index in [-0.39, 0.29) is 17.4 Å². The molecule has 0 aliphatic carbocycles. The summed E-state index contributed by atoms with van der Waals surface area (Å²) >= 11 is 4.75. The number of hydrogen-bond acceptors (Lipinski definition) is 2. The second-order valence-corrected chi connectivity index (χ2v) is 4.14. The minimum Gasteiger partial charge on any atom is -0.389 e. The Morgan fingerprint density at radius 3 is 2.76 bits per heavy atom. The number of halogens is 1. The number of nitrogens with two attached hydrogens (primary N) is 1. The van der Waals surface area contributed by atoms with Gasteiger partial charge in [0.15, 0.2) is 0 Å². The van der Waals surface area contributed by atoms with Crippen LogP contribution in [0.4, 0.5) is 4.39 Å². The Hall–Kier alpha value is -1.49. The molecule has 0 radical (unpaired) electrons. The normalized spacial score (nSPS) is 10.0. The van der Waals surface area contributed by atoms with E-state index in [0.29, 0.717) is 17.5 Å². The molecular formula is C12H15FN2OS. The zero-order chi connectivity index (χ0) is 12.8. The van der Waals surface area contributed by atoms with E-state index < -0.39 is 5.82 Å². The minimum atomic E-state index is -0.410. The lowest BCUT2D eigenvalue weighted by atomic mass is 10.1. The van der Waals surface area contributed by atoms with Crippen molar-refractivity contribution in [2.24, 2.45) is 5.73 Å². The maximum atomic E-state index is 13.6. The molecule has 0 atom stereocenters. The van der Waals surface area contributed by atoms with E-state index in [1.54, 1.807) is 12.1 Å². The zero-order valence-corrected chi connectivity index (χ0v) is 10.4. The van der Waals surface area contributed by atoms with Gasteiger partial charge < -0.3 is 11.1 Å². The van der Waals surface area contributed by atoms with Gasteiger partial charge in [-0.3, -0.25) is 4.79 Å². The largest absolute Gasteiger partial charge is 0.389 e. The van der Waals surface area contributed by atoms with Gasteiger partial charge in [0.05, 0.1) is 0 Å². The molecule has 0 saturated carbocycles. The highest BCUT2D eigenvalue weighted by Gasteiger charge is 2.06. The van der Waals surface area contributed by atoms with Crippen molar-refractivity contribution in [1.82, 2.24) is 5.32 Å². The highest BCUT2D eigenvalue weighted by atomic mass is 32.1. The fourth-order valence-electron chi connectivity index (χ4n) is 1.35. The van der Waals surface area contributed by atoms with Crippen LogP contribution in [0, 0.1) is 5.82 Å². The fourth-order valence-corrected chi connectivity index (χ4v) is 1.48. The van der Waals surface area contributed by atoms with Gasteiger partial charge >= 0.3 is 0 Å². The van der Waals surface area contributed by atoms with Gasteiger partial charge in [0.2, 0.25) is 5.91 Å². The Morgan fingerprint density at radius 2 is 2.24 bits per heavy atom. The van der Waals surface area contributed by atoms with Crippen LogP contribution in [0.1, 0.15) is 30.9 Å². The maximum Gasteiger partial charge on any atom is 0.220 e. The maximum absolute atomic E-state index is 13.6. The summed E-state index contributed by atoms with van der Waals surface area (Å²) in [5.74, 6) is -0.488. The van der Waals surface area contributed by atoms with Crippen molar-refractivity contribution >= 4 is 23.1 Å². The summed E-state index contributed by atoms with van der Waals surface area (Å²) in [4.78, 5) is 11.4. The van der Waals surface area contributed by atoms with Crippen LogP contribution >= 0.6 is 12.2 Å². The lowest BCUT2D eigenvalue weighted by Crippen LogP contribution is -2.22. The molecule has 0 aromatic heterocycles. The summed E-state index contributed by atoms with van der Waals surface area (Å²) in [6.07, 6.45) is 1.22. The summed E-state index contributed by atoms with van der Waals surface area (Å²) in [6.45, 7) is 2.10. The Bertz CT molecular complexity index is 435. The quantitative estimate of drug-likeness (QED) is 0.789. The molecule has 3 nitrogen and oxygen atoms in total. The first-order chi connectivity index (χ1) is 8.04. The molecule has 0 fully saturated rings. The molecule has 0 spiro atoms. The third kappa shape index (κ3) is 4.11. The van der Waals surface area contributed by atoms with Gasteiger partial charge in [-0.1, -0.05) is 31.3 Å². The van der Waals surface area contributed by atoms with Gasteiger partial charge in [-0.05, 0) is 12.5 Å². The van der Waals surface area contributed by atoms with E-state index in [1.165, 1.54) is 6.07 Å². The first-order valence-electron chi connectivity index (χ1n) is 5.39. The summed E-state index contributed by atoms with van der Waals surface area (Å²) < 4.78 is 13.6. The molecule has 0 heterocycles. The van der Waals surface area contributed by atoms with Gasteiger partial charge in [0.1, 0.15) is 10.8 Å². The number of thiocarbonyl (C=S) groups is 1. The number of carbonyl (C=O) groups excluding carboxylic acids is 1. The number of carbonyl (C=O) groups is 1. The van der Waals surface area contributed by atoms with Crippen LogP contribution in [0.15, 0.2) is 18.2 Å². The molecule has 1 amide bonds. The molecule has 0 aliphatic rings. The van der Waals surface area contributed by atoms with Gasteiger partial charge in [-0.15, -0.1) is 0 Å². The molecule has 17 heavy (non-hydrogen) atoms. The summed E-state index contributed by atoms with van der Waals surface area (Å²) in [5, 5.41) is 2.65. The number of rotatable bonds is 5. The summed E-state index contributed by atoms with van der Waals surface area (Å²) in [6, 6.07) is 4.51. The van der Waals surface area contributed by atoms with E-state index in [4.69, 9.17) is 18.0 Å². The zero-order valence-electron chi connectivity index (χ0n) is 9.63. The molecule has 3 N–H and O–H groups in total. The van der Waals surface area contributed by atoms with Crippen LogP contribution in [-0.4, -0.2) is 10.9 Å². The van der Waals surface area contributed by atoms with E-state index in [0.717, 1.165) is 6.42 Å². The van der Waals surface area contributed by atoms with Crippen molar-refractivity contribution in [2.75, 3.05) is 0 Å². The van der Waals surface area contributed by atoms with Crippen molar-refractivity contribution < 1.29 is 9.18 Å². The number of amides is 1. The molecule has 0 bridgehead atoms. The van der Waals surface area contributed by atoms with Crippen LogP contribution in [0.3, 0.4) is 0 Å². The predicted molar refractivity (Wildman–Crippen MR) is 69.0 cm³/mol. The first-order valence-corrected chi connectivity index (χ1v) is 5.80. The third-order valence-corrected chi connectivity index (χ3v) is 2.53. The van der Waals surface area contributed by atoms with Gasteiger partial charge in [0.25, 0.3) is 0 Å². The van der Waals surface area contributed by atoms with Gasteiger partial charge in [-0.25, -0.2) is 4.39 Å². The van der Waals surface area contributed by atoms with Crippen molar-refractivity contribution in [1.29, 1.82) is 0 Å². The summed E-state index contributed by atoms with van der Waals surface area (Å²) in [5.41, 5.74) is 6.30. The molecule has 1 aromatic carbocycles. The van der Waals surface area contributed by atoms with E-state index in [2.05, 4.69) is 5.32 Å². The number of nitrogens with one attached hydrogen (secondary N) is 1. The Balaban J connectivity index is 2.66.